The largest absolute Gasteiger partial charge is 0.444 e. The van der Waals surface area contributed by atoms with Crippen LogP contribution in [0.1, 0.15) is 61.8 Å². The quantitative estimate of drug-likeness (QED) is 0.652. The Morgan fingerprint density at radius 1 is 1.08 bits per heavy atom. The lowest BCUT2D eigenvalue weighted by molar-refractivity contribution is -0.139. The molecule has 0 aliphatic carbocycles. The molecule has 0 aliphatic heterocycles. The number of rotatable bonds is 9. The number of amides is 3. The van der Waals surface area contributed by atoms with Crippen molar-refractivity contribution in [2.75, 3.05) is 19.6 Å². The molecular formula is C19H37N3O4. The highest BCUT2D eigenvalue weighted by Crippen LogP contribution is 2.15. The maximum absolute atomic E-state index is 12.9. The average molecular weight is 372 g/mol. The molecule has 3 amide bonds. The van der Waals surface area contributed by atoms with E-state index in [1.165, 1.54) is 4.90 Å². The number of ether oxygens (including phenoxy) is 1. The second-order valence-electron chi connectivity index (χ2n) is 8.28. The van der Waals surface area contributed by atoms with E-state index in [4.69, 9.17) is 4.74 Å². The summed E-state index contributed by atoms with van der Waals surface area (Å²) >= 11 is 0. The lowest BCUT2D eigenvalue weighted by Crippen LogP contribution is -2.47. The van der Waals surface area contributed by atoms with Crippen LogP contribution in [0.3, 0.4) is 0 Å². The molecule has 0 bridgehead atoms. The Bertz CT molecular complexity index is 470. The van der Waals surface area contributed by atoms with Gasteiger partial charge in [-0.3, -0.25) is 9.59 Å². The number of carbonyl (C=O) groups is 3. The summed E-state index contributed by atoms with van der Waals surface area (Å²) in [7, 11) is 0. The van der Waals surface area contributed by atoms with E-state index in [-0.39, 0.29) is 36.9 Å². The van der Waals surface area contributed by atoms with Gasteiger partial charge in [0.1, 0.15) is 5.60 Å². The second kappa shape index (κ2) is 11.0. The fraction of sp³-hybridized carbons (Fsp3) is 0.842. The minimum absolute atomic E-state index is 0.0224. The zero-order valence-electron chi connectivity index (χ0n) is 17.6. The van der Waals surface area contributed by atoms with Gasteiger partial charge in [0.15, 0.2) is 0 Å². The lowest BCUT2D eigenvalue weighted by atomic mass is 9.95. The summed E-state index contributed by atoms with van der Waals surface area (Å²) in [6.45, 7) is 15.7. The molecule has 0 spiro atoms. The van der Waals surface area contributed by atoms with Crippen LogP contribution < -0.4 is 10.6 Å². The van der Waals surface area contributed by atoms with Crippen LogP contribution in [0.4, 0.5) is 4.79 Å². The Kier molecular flexibility index (Phi) is 10.3. The van der Waals surface area contributed by atoms with Crippen molar-refractivity contribution in [2.24, 2.45) is 11.8 Å². The van der Waals surface area contributed by atoms with Gasteiger partial charge in [0, 0.05) is 19.1 Å². The lowest BCUT2D eigenvalue weighted by Gasteiger charge is -2.28. The molecule has 0 rings (SSSR count). The number of alkyl carbamates (subject to hydrolysis) is 1. The molecule has 0 saturated carbocycles. The van der Waals surface area contributed by atoms with Gasteiger partial charge >= 0.3 is 6.09 Å². The van der Waals surface area contributed by atoms with Gasteiger partial charge in [0.05, 0.1) is 12.5 Å². The molecular weight excluding hydrogens is 334 g/mol. The first-order valence-corrected chi connectivity index (χ1v) is 9.40. The predicted octanol–water partition coefficient (Wildman–Crippen LogP) is 2.55. The first-order valence-electron chi connectivity index (χ1n) is 9.40. The first kappa shape index (κ1) is 24.2. The van der Waals surface area contributed by atoms with Gasteiger partial charge in [-0.05, 0) is 53.9 Å². The van der Waals surface area contributed by atoms with Gasteiger partial charge in [-0.2, -0.15) is 0 Å². The Balaban J connectivity index is 4.93. The van der Waals surface area contributed by atoms with Gasteiger partial charge in [0.25, 0.3) is 0 Å². The molecule has 7 heteroatoms. The first-order chi connectivity index (χ1) is 11.9. The smallest absolute Gasteiger partial charge is 0.407 e. The fourth-order valence-corrected chi connectivity index (χ4v) is 2.51. The third-order valence-corrected chi connectivity index (χ3v) is 3.47. The molecule has 7 nitrogen and oxygen atoms in total. The Morgan fingerprint density at radius 2 is 1.65 bits per heavy atom. The Morgan fingerprint density at radius 3 is 2.08 bits per heavy atom. The number of nitrogens with one attached hydrogen (secondary N) is 2. The molecule has 26 heavy (non-hydrogen) atoms. The van der Waals surface area contributed by atoms with Crippen molar-refractivity contribution >= 4 is 17.9 Å². The number of likely N-dealkylation sites (N-methyl/N-ethyl adjacent to an activating group) is 1. The van der Waals surface area contributed by atoms with Crippen molar-refractivity contribution in [2.45, 2.75) is 73.5 Å². The molecule has 1 unspecified atom stereocenters. The summed E-state index contributed by atoms with van der Waals surface area (Å²) in [6.07, 6.45) is 0.0800. The van der Waals surface area contributed by atoms with Crippen LogP contribution in [0.25, 0.3) is 0 Å². The summed E-state index contributed by atoms with van der Waals surface area (Å²) in [5.41, 5.74) is -0.591. The van der Waals surface area contributed by atoms with Gasteiger partial charge in [-0.1, -0.05) is 13.8 Å². The SMILES string of the molecule is CCN(CC(=O)NC(C)C)C(=O)C(CNC(=O)OC(C)(C)C)CC(C)C. The van der Waals surface area contributed by atoms with Crippen LogP contribution in [0.5, 0.6) is 0 Å². The van der Waals surface area contributed by atoms with Gasteiger partial charge in [-0.15, -0.1) is 0 Å². The second-order valence-corrected chi connectivity index (χ2v) is 8.28. The van der Waals surface area contributed by atoms with Crippen LogP contribution in [0.15, 0.2) is 0 Å². The van der Waals surface area contributed by atoms with Crippen LogP contribution in [0.2, 0.25) is 0 Å². The van der Waals surface area contributed by atoms with Gasteiger partial charge in [0.2, 0.25) is 11.8 Å². The summed E-state index contributed by atoms with van der Waals surface area (Å²) in [4.78, 5) is 38.3. The number of carbonyl (C=O) groups excluding carboxylic acids is 3. The van der Waals surface area contributed by atoms with Crippen LogP contribution in [-0.2, 0) is 14.3 Å². The normalized spacial score (nSPS) is 12.7. The van der Waals surface area contributed by atoms with E-state index < -0.39 is 17.6 Å². The fourth-order valence-electron chi connectivity index (χ4n) is 2.51. The van der Waals surface area contributed by atoms with E-state index >= 15 is 0 Å². The number of hydrogen-bond acceptors (Lipinski definition) is 4. The summed E-state index contributed by atoms with van der Waals surface area (Å²) < 4.78 is 5.23. The molecule has 0 radical (unpaired) electrons. The van der Waals surface area contributed by atoms with E-state index in [9.17, 15) is 14.4 Å². The van der Waals surface area contributed by atoms with Crippen LogP contribution >= 0.6 is 0 Å². The maximum Gasteiger partial charge on any atom is 0.407 e. The summed E-state index contributed by atoms with van der Waals surface area (Å²) in [5, 5.41) is 5.48. The topological polar surface area (TPSA) is 87.7 Å². The molecule has 152 valence electrons. The van der Waals surface area contributed by atoms with Crippen LogP contribution in [0, 0.1) is 11.8 Å². The molecule has 0 aromatic heterocycles. The van der Waals surface area contributed by atoms with Crippen molar-refractivity contribution in [3.05, 3.63) is 0 Å². The Hall–Kier alpha value is -1.79. The minimum Gasteiger partial charge on any atom is -0.444 e. The van der Waals surface area contributed by atoms with Crippen molar-refractivity contribution in [3.63, 3.8) is 0 Å². The molecule has 0 aromatic rings. The van der Waals surface area contributed by atoms with Crippen LogP contribution in [-0.4, -0.2) is 54.1 Å². The van der Waals surface area contributed by atoms with Gasteiger partial charge < -0.3 is 20.3 Å². The Labute approximate surface area is 158 Å². The minimum atomic E-state index is -0.591. The highest BCUT2D eigenvalue weighted by atomic mass is 16.6. The average Bonchev–Trinajstić information content (AvgIpc) is 2.45. The van der Waals surface area contributed by atoms with Crippen molar-refractivity contribution in [1.82, 2.24) is 15.5 Å². The van der Waals surface area contributed by atoms with Gasteiger partial charge in [-0.25, -0.2) is 4.79 Å². The molecule has 0 fully saturated rings. The van der Waals surface area contributed by atoms with Crippen molar-refractivity contribution < 1.29 is 19.1 Å². The summed E-state index contributed by atoms with van der Waals surface area (Å²) in [5.74, 6) is -0.420. The molecule has 0 aliphatic rings. The third-order valence-electron chi connectivity index (χ3n) is 3.47. The molecule has 1 atom stereocenters. The van der Waals surface area contributed by atoms with E-state index in [0.717, 1.165) is 0 Å². The van der Waals surface area contributed by atoms with Crippen molar-refractivity contribution in [1.29, 1.82) is 0 Å². The van der Waals surface area contributed by atoms with E-state index in [2.05, 4.69) is 10.6 Å². The predicted molar refractivity (Wildman–Crippen MR) is 103 cm³/mol. The van der Waals surface area contributed by atoms with E-state index in [0.29, 0.717) is 13.0 Å². The molecule has 0 aromatic carbocycles. The molecule has 0 heterocycles. The zero-order valence-corrected chi connectivity index (χ0v) is 17.6. The third kappa shape index (κ3) is 10.9. The highest BCUT2D eigenvalue weighted by Gasteiger charge is 2.27. The monoisotopic (exact) mass is 371 g/mol. The van der Waals surface area contributed by atoms with E-state index in [1.807, 2.05) is 34.6 Å². The molecule has 0 saturated heterocycles. The number of hydrogen-bond donors (Lipinski definition) is 2. The highest BCUT2D eigenvalue weighted by molar-refractivity contribution is 5.86. The standard InChI is InChI=1S/C19H37N3O4/c1-9-22(12-16(23)21-14(4)5)17(24)15(10-13(2)3)11-20-18(25)26-19(6,7)8/h13-15H,9-12H2,1-8H3,(H,20,25)(H,21,23). The summed E-state index contributed by atoms with van der Waals surface area (Å²) in [6, 6.07) is 0.0246. The molecule has 2 N–H and O–H groups in total. The van der Waals surface area contributed by atoms with Crippen molar-refractivity contribution in [3.8, 4) is 0 Å². The number of nitrogens with zero attached hydrogens (tertiary/aromatic N) is 1. The van der Waals surface area contributed by atoms with E-state index in [1.54, 1.807) is 20.8 Å². The zero-order chi connectivity index (χ0) is 20.5. The maximum atomic E-state index is 12.9.